The molecule has 0 atom stereocenters. The van der Waals surface area contributed by atoms with Gasteiger partial charge in [-0.05, 0) is 19.4 Å². The molecule has 0 bridgehead atoms. The molecule has 8 heavy (non-hydrogen) atoms. The zero-order valence-electron chi connectivity index (χ0n) is 4.93. The molecule has 0 spiro atoms. The van der Waals surface area contributed by atoms with Gasteiger partial charge in [0.05, 0.1) is 0 Å². The summed E-state index contributed by atoms with van der Waals surface area (Å²) < 4.78 is 0. The fourth-order valence-electron chi connectivity index (χ4n) is 0.413. The second-order valence-corrected chi connectivity index (χ2v) is 1.51. The van der Waals surface area contributed by atoms with Crippen molar-refractivity contribution in [3.05, 3.63) is 12.7 Å². The minimum absolute atomic E-state index is 0.822. The van der Waals surface area contributed by atoms with Gasteiger partial charge in [-0.15, -0.1) is 6.58 Å². The van der Waals surface area contributed by atoms with Crippen molar-refractivity contribution in [1.29, 1.82) is 0 Å². The maximum atomic E-state index is 8.10. The van der Waals surface area contributed by atoms with Crippen LogP contribution >= 0.6 is 0 Å². The van der Waals surface area contributed by atoms with Gasteiger partial charge in [-0.25, -0.2) is 0 Å². The van der Waals surface area contributed by atoms with E-state index < -0.39 is 0 Å². The van der Waals surface area contributed by atoms with Crippen molar-refractivity contribution in [1.82, 2.24) is 5.23 Å². The lowest BCUT2D eigenvalue weighted by Gasteiger charge is -1.93. The third kappa shape index (κ3) is 5.72. The van der Waals surface area contributed by atoms with Crippen molar-refractivity contribution >= 4 is 7.62 Å². The summed E-state index contributed by atoms with van der Waals surface area (Å²) in [4.78, 5) is 0. The Balaban J connectivity index is 2.62. The van der Waals surface area contributed by atoms with Gasteiger partial charge in [0, 0.05) is 0 Å². The van der Waals surface area contributed by atoms with E-state index in [1.165, 1.54) is 0 Å². The van der Waals surface area contributed by atoms with Crippen LogP contribution in [-0.4, -0.2) is 19.2 Å². The highest BCUT2D eigenvalue weighted by atomic mass is 16.2. The van der Waals surface area contributed by atoms with Crippen molar-refractivity contribution in [2.24, 2.45) is 0 Å². The zero-order valence-corrected chi connectivity index (χ0v) is 4.93. The summed E-state index contributed by atoms with van der Waals surface area (Å²) in [6, 6.07) is 0. The Morgan fingerprint density at radius 2 is 2.50 bits per heavy atom. The monoisotopic (exact) mass is 112 g/mol. The van der Waals surface area contributed by atoms with Crippen LogP contribution in [0, 0.1) is 0 Å². The van der Waals surface area contributed by atoms with Gasteiger partial charge in [0.15, 0.2) is 0 Å². The van der Waals surface area contributed by atoms with Crippen molar-refractivity contribution in [2.75, 3.05) is 6.54 Å². The smallest absolute Gasteiger partial charge is 0.392 e. The van der Waals surface area contributed by atoms with E-state index >= 15 is 0 Å². The summed E-state index contributed by atoms with van der Waals surface area (Å²) in [7, 11) is 0.961. The fraction of sp³-hybridized carbons (Fsp3) is 0.600. The molecule has 0 unspecified atom stereocenters. The normalized spacial score (nSPS) is 8.62. The van der Waals surface area contributed by atoms with Gasteiger partial charge in [0.2, 0.25) is 0 Å². The van der Waals surface area contributed by atoms with E-state index in [0.717, 1.165) is 27.0 Å². The lowest BCUT2D eigenvalue weighted by Crippen LogP contribution is -2.19. The number of hydrogen-bond donors (Lipinski definition) is 2. The first-order valence-electron chi connectivity index (χ1n) is 2.72. The number of nitrogens with one attached hydrogen (secondary N) is 1. The lowest BCUT2D eigenvalue weighted by molar-refractivity contribution is 0.577. The maximum Gasteiger partial charge on any atom is 0.392 e. The van der Waals surface area contributed by atoms with Crippen molar-refractivity contribution in [2.45, 2.75) is 12.8 Å². The summed E-state index contributed by atoms with van der Waals surface area (Å²) in [5.41, 5.74) is 0. The van der Waals surface area contributed by atoms with Crippen LogP contribution in [0.4, 0.5) is 0 Å². The molecule has 0 saturated carbocycles. The second kappa shape index (κ2) is 6.72. The molecule has 2 nitrogen and oxygen atoms in total. The highest BCUT2D eigenvalue weighted by Crippen LogP contribution is 1.84. The molecule has 2 N–H and O–H groups in total. The van der Waals surface area contributed by atoms with Gasteiger partial charge < -0.3 is 10.3 Å². The predicted octanol–water partition coefficient (Wildman–Crippen LogP) is 0.0687. The van der Waals surface area contributed by atoms with Crippen molar-refractivity contribution in [3.8, 4) is 0 Å². The molecule has 0 fully saturated rings. The quantitative estimate of drug-likeness (QED) is 0.299. The maximum absolute atomic E-state index is 8.10. The summed E-state index contributed by atoms with van der Waals surface area (Å²) in [5.74, 6) is 0. The molecule has 0 amide bonds. The molecule has 0 heterocycles. The fourth-order valence-corrected chi connectivity index (χ4v) is 0.413. The molecule has 1 radical (unpaired) electrons. The third-order valence-corrected chi connectivity index (χ3v) is 0.821. The van der Waals surface area contributed by atoms with Gasteiger partial charge in [0.25, 0.3) is 0 Å². The molecule has 0 aromatic rings. The van der Waals surface area contributed by atoms with Crippen LogP contribution in [0.3, 0.4) is 0 Å². The molecule has 0 rings (SSSR count). The first-order chi connectivity index (χ1) is 3.91. The van der Waals surface area contributed by atoms with Gasteiger partial charge in [-0.3, -0.25) is 0 Å². The molecule has 3 heteroatoms. The van der Waals surface area contributed by atoms with E-state index in [2.05, 4.69) is 11.8 Å². The zero-order chi connectivity index (χ0) is 6.24. The van der Waals surface area contributed by atoms with Gasteiger partial charge in [0.1, 0.15) is 0 Å². The Morgan fingerprint density at radius 3 is 3.00 bits per heavy atom. The average molecular weight is 112 g/mol. The Labute approximate surface area is 50.9 Å². The third-order valence-electron chi connectivity index (χ3n) is 0.821. The van der Waals surface area contributed by atoms with Gasteiger partial charge in [-0.2, -0.15) is 0 Å². The summed E-state index contributed by atoms with van der Waals surface area (Å²) in [6.45, 7) is 4.38. The molecule has 45 valence electrons. The predicted molar refractivity (Wildman–Crippen MR) is 35.4 cm³/mol. The van der Waals surface area contributed by atoms with E-state index in [9.17, 15) is 0 Å². The first-order valence-corrected chi connectivity index (χ1v) is 2.72. The van der Waals surface area contributed by atoms with Crippen LogP contribution in [-0.2, 0) is 0 Å². The van der Waals surface area contributed by atoms with Crippen LogP contribution in [0.25, 0.3) is 0 Å². The molecule has 0 saturated heterocycles. The lowest BCUT2D eigenvalue weighted by atomic mass is 10.2. The number of hydrogen-bond acceptors (Lipinski definition) is 2. The molecule has 0 aromatic heterocycles. The van der Waals surface area contributed by atoms with Crippen molar-refractivity contribution < 1.29 is 5.02 Å². The molecule has 0 aliphatic carbocycles. The van der Waals surface area contributed by atoms with Gasteiger partial charge >= 0.3 is 7.62 Å². The van der Waals surface area contributed by atoms with Crippen LogP contribution in [0.2, 0.25) is 0 Å². The summed E-state index contributed by atoms with van der Waals surface area (Å²) in [5, 5.41) is 10.8. The minimum Gasteiger partial charge on any atom is -0.440 e. The molecule has 0 aromatic carbocycles. The van der Waals surface area contributed by atoms with Crippen LogP contribution in [0.1, 0.15) is 12.8 Å². The van der Waals surface area contributed by atoms with E-state index in [-0.39, 0.29) is 0 Å². The van der Waals surface area contributed by atoms with E-state index in [0.29, 0.717) is 0 Å². The van der Waals surface area contributed by atoms with E-state index in [4.69, 9.17) is 5.02 Å². The standard InChI is InChI=1S/C5H11BNO/c1-2-3-4-5-7-6-8/h2,7-8H,1,3-5H2. The Kier molecular flexibility index (Phi) is 6.49. The van der Waals surface area contributed by atoms with E-state index in [1.807, 2.05) is 6.08 Å². The van der Waals surface area contributed by atoms with Crippen molar-refractivity contribution in [3.63, 3.8) is 0 Å². The Hall–Kier alpha value is -0.275. The molecular formula is C5H11BNO. The highest BCUT2D eigenvalue weighted by Gasteiger charge is 1.82. The SMILES string of the molecule is C=CCCCN[B]O. The largest absolute Gasteiger partial charge is 0.440 e. The topological polar surface area (TPSA) is 32.3 Å². The Morgan fingerprint density at radius 1 is 1.75 bits per heavy atom. The van der Waals surface area contributed by atoms with Gasteiger partial charge in [-0.1, -0.05) is 6.08 Å². The number of allylic oxidation sites excluding steroid dienone is 1. The van der Waals surface area contributed by atoms with E-state index in [1.54, 1.807) is 0 Å². The first kappa shape index (κ1) is 7.72. The minimum atomic E-state index is 0.822. The molecule has 0 aliphatic rings. The molecular weight excluding hydrogens is 101 g/mol. The summed E-state index contributed by atoms with van der Waals surface area (Å²) in [6.07, 6.45) is 3.89. The number of unbranched alkanes of at least 4 members (excludes halogenated alkanes) is 1. The number of rotatable bonds is 5. The second-order valence-electron chi connectivity index (χ2n) is 1.51. The van der Waals surface area contributed by atoms with Crippen LogP contribution in [0.5, 0.6) is 0 Å². The summed E-state index contributed by atoms with van der Waals surface area (Å²) >= 11 is 0. The Bertz CT molecular complexity index is 58.4. The van der Waals surface area contributed by atoms with Crippen LogP contribution in [0.15, 0.2) is 12.7 Å². The highest BCUT2D eigenvalue weighted by molar-refractivity contribution is 6.21. The average Bonchev–Trinajstić information content (AvgIpc) is 1.81. The van der Waals surface area contributed by atoms with Crippen LogP contribution < -0.4 is 5.23 Å². The molecule has 0 aliphatic heterocycles.